The highest BCUT2D eigenvalue weighted by atomic mass is 35.5. The van der Waals surface area contributed by atoms with Crippen LogP contribution in [0, 0.1) is 0 Å². The average molecular weight is 743 g/mol. The number of hydrogen-bond acceptors (Lipinski definition) is 8. The van der Waals surface area contributed by atoms with Crippen molar-refractivity contribution in [1.29, 1.82) is 0 Å². The zero-order chi connectivity index (χ0) is 32.5. The fourth-order valence-electron chi connectivity index (χ4n) is 5.38. The van der Waals surface area contributed by atoms with Gasteiger partial charge in [0.25, 0.3) is 0 Å². The fraction of sp³-hybridized carbons (Fsp3) is 0.353. The number of carboxylic acid groups (broad SMARTS) is 1. The number of rotatable bonds is 10. The number of aromatic nitrogens is 1. The van der Waals surface area contributed by atoms with Crippen molar-refractivity contribution in [3.05, 3.63) is 88.4 Å². The molecule has 3 heterocycles. The van der Waals surface area contributed by atoms with Crippen LogP contribution in [0.25, 0.3) is 10.6 Å². The molecule has 4 aromatic rings. The molecule has 0 amide bonds. The molecule has 1 N–H and O–H groups in total. The summed E-state index contributed by atoms with van der Waals surface area (Å²) in [5.41, 5.74) is 3.22. The molecule has 0 bridgehead atoms. The van der Waals surface area contributed by atoms with Crippen LogP contribution in [0.4, 0.5) is 18.9 Å². The smallest absolute Gasteiger partial charge is 0.416 e. The maximum absolute atomic E-state index is 13.2. The van der Waals surface area contributed by atoms with Gasteiger partial charge >= 0.3 is 12.1 Å². The third-order valence-electron chi connectivity index (χ3n) is 8.10. The molecule has 6 rings (SSSR count). The molecule has 258 valence electrons. The van der Waals surface area contributed by atoms with E-state index in [2.05, 4.69) is 28.0 Å². The maximum atomic E-state index is 13.2. The molecular formula is C34H36Cl2F3N3O4S2. The summed E-state index contributed by atoms with van der Waals surface area (Å²) >= 11 is 2.68. The molecule has 7 nitrogen and oxygen atoms in total. The summed E-state index contributed by atoms with van der Waals surface area (Å²) in [6, 6.07) is 18.8. The summed E-state index contributed by atoms with van der Waals surface area (Å²) in [5, 5.41) is 10.1. The molecule has 3 aromatic carbocycles. The van der Waals surface area contributed by atoms with E-state index < -0.39 is 22.5 Å². The molecule has 14 heteroatoms. The van der Waals surface area contributed by atoms with E-state index in [9.17, 15) is 23.1 Å². The topological polar surface area (TPSA) is 75.1 Å². The van der Waals surface area contributed by atoms with Crippen molar-refractivity contribution in [3.63, 3.8) is 0 Å². The standard InChI is InChI=1S/C34H34F3N3O4S2.2ClH/c1-33(2,32(41)42)46-27-10-8-26(9-11-27)44-21-30-28(38-31(45-30)22-3-5-24(6-4-22)34(35,36)37)20-39-14-16-40(17-15-39)25-7-12-29-23(19-25)13-18-43-29;;/h3-12,19H,13-18,20-21H2,1-2H3,(H,41,42);2*1H. The molecule has 0 saturated carbocycles. The van der Waals surface area contributed by atoms with Crippen molar-refractivity contribution in [3.8, 4) is 22.1 Å². The third-order valence-corrected chi connectivity index (χ3v) is 10.4. The molecule has 0 aliphatic carbocycles. The predicted molar refractivity (Wildman–Crippen MR) is 189 cm³/mol. The highest BCUT2D eigenvalue weighted by molar-refractivity contribution is 8.01. The Morgan fingerprint density at radius 1 is 1.00 bits per heavy atom. The van der Waals surface area contributed by atoms with Crippen molar-refractivity contribution < 1.29 is 32.5 Å². The van der Waals surface area contributed by atoms with E-state index >= 15 is 0 Å². The van der Waals surface area contributed by atoms with Crippen LogP contribution in [0.15, 0.2) is 71.6 Å². The van der Waals surface area contributed by atoms with Gasteiger partial charge in [-0.2, -0.15) is 13.2 Å². The number of nitrogens with zero attached hydrogens (tertiary/aromatic N) is 3. The van der Waals surface area contributed by atoms with Gasteiger partial charge in [0.1, 0.15) is 27.9 Å². The van der Waals surface area contributed by atoms with E-state index in [-0.39, 0.29) is 31.4 Å². The number of thioether (sulfide) groups is 1. The van der Waals surface area contributed by atoms with Gasteiger partial charge in [0, 0.05) is 55.3 Å². The minimum atomic E-state index is -4.40. The van der Waals surface area contributed by atoms with Crippen LogP contribution < -0.4 is 14.4 Å². The van der Waals surface area contributed by atoms with Crippen molar-refractivity contribution in [2.45, 2.75) is 49.2 Å². The molecule has 1 saturated heterocycles. The van der Waals surface area contributed by atoms with Gasteiger partial charge < -0.3 is 19.5 Å². The van der Waals surface area contributed by atoms with E-state index in [1.807, 2.05) is 24.3 Å². The number of aliphatic carboxylic acids is 1. The van der Waals surface area contributed by atoms with Gasteiger partial charge in [-0.15, -0.1) is 47.9 Å². The van der Waals surface area contributed by atoms with Crippen molar-refractivity contribution in [2.75, 3.05) is 37.7 Å². The van der Waals surface area contributed by atoms with Crippen molar-refractivity contribution >= 4 is 59.6 Å². The minimum absolute atomic E-state index is 0. The molecule has 2 aliphatic rings. The molecule has 0 spiro atoms. The van der Waals surface area contributed by atoms with E-state index in [4.69, 9.17) is 14.5 Å². The Morgan fingerprint density at radius 3 is 2.33 bits per heavy atom. The first-order valence-corrected chi connectivity index (χ1v) is 16.6. The van der Waals surface area contributed by atoms with E-state index in [0.717, 1.165) is 72.6 Å². The number of halogens is 5. The lowest BCUT2D eigenvalue weighted by Crippen LogP contribution is -2.46. The third kappa shape index (κ3) is 8.89. The number of carboxylic acids is 1. The second-order valence-electron chi connectivity index (χ2n) is 11.8. The van der Waals surface area contributed by atoms with Crippen molar-refractivity contribution in [1.82, 2.24) is 9.88 Å². The van der Waals surface area contributed by atoms with Crippen LogP contribution in [0.1, 0.15) is 35.5 Å². The van der Waals surface area contributed by atoms with Gasteiger partial charge in [-0.25, -0.2) is 4.98 Å². The molecule has 1 aromatic heterocycles. The Labute approximate surface area is 298 Å². The second-order valence-corrected chi connectivity index (χ2v) is 14.6. The first-order valence-electron chi connectivity index (χ1n) is 15.0. The van der Waals surface area contributed by atoms with Crippen LogP contribution >= 0.6 is 47.9 Å². The summed E-state index contributed by atoms with van der Waals surface area (Å²) in [7, 11) is 0. The lowest BCUT2D eigenvalue weighted by molar-refractivity contribution is -0.139. The number of carbonyl (C=O) groups is 1. The highest BCUT2D eigenvalue weighted by Gasteiger charge is 2.31. The number of fused-ring (bicyclic) bond motifs is 1. The molecule has 2 aliphatic heterocycles. The zero-order valence-corrected chi connectivity index (χ0v) is 29.6. The monoisotopic (exact) mass is 741 g/mol. The summed E-state index contributed by atoms with van der Waals surface area (Å²) in [6.07, 6.45) is -3.47. The van der Waals surface area contributed by atoms with Crippen LogP contribution in [-0.2, 0) is 30.5 Å². The molecule has 0 unspecified atom stereocenters. The number of hydrogen-bond donors (Lipinski definition) is 1. The van der Waals surface area contributed by atoms with Gasteiger partial charge in [-0.1, -0.05) is 12.1 Å². The van der Waals surface area contributed by atoms with Gasteiger partial charge in [0.15, 0.2) is 0 Å². The SMILES string of the molecule is CC(C)(Sc1ccc(OCc2sc(-c3ccc(C(F)(F)F)cc3)nc2CN2CCN(c3ccc4c(c3)CCO4)CC2)cc1)C(=O)O.Cl.Cl. The number of thiazole rings is 1. The number of anilines is 1. The Balaban J connectivity index is 0.00000260. The quantitative estimate of drug-likeness (QED) is 0.162. The zero-order valence-electron chi connectivity index (χ0n) is 26.3. The van der Waals surface area contributed by atoms with Gasteiger partial charge in [-0.3, -0.25) is 9.69 Å². The first-order chi connectivity index (χ1) is 21.9. The number of ether oxygens (including phenoxy) is 2. The van der Waals surface area contributed by atoms with Crippen molar-refractivity contribution in [2.24, 2.45) is 0 Å². The molecule has 0 atom stereocenters. The van der Waals surface area contributed by atoms with Crippen LogP contribution in [0.3, 0.4) is 0 Å². The first kappa shape index (κ1) is 37.7. The lowest BCUT2D eigenvalue weighted by Gasteiger charge is -2.36. The van der Waals surface area contributed by atoms with Gasteiger partial charge in [0.05, 0.1) is 22.7 Å². The summed E-state index contributed by atoms with van der Waals surface area (Å²) in [4.78, 5) is 22.8. The lowest BCUT2D eigenvalue weighted by atomic mass is 10.1. The number of benzene rings is 3. The fourth-order valence-corrected chi connectivity index (χ4v) is 7.32. The Morgan fingerprint density at radius 2 is 1.69 bits per heavy atom. The molecular weight excluding hydrogens is 706 g/mol. The van der Waals surface area contributed by atoms with Crippen LogP contribution in [0.2, 0.25) is 0 Å². The minimum Gasteiger partial charge on any atom is -0.493 e. The maximum Gasteiger partial charge on any atom is 0.416 e. The summed E-state index contributed by atoms with van der Waals surface area (Å²) in [5.74, 6) is 0.710. The summed E-state index contributed by atoms with van der Waals surface area (Å²) in [6.45, 7) is 8.31. The van der Waals surface area contributed by atoms with Crippen LogP contribution in [0.5, 0.6) is 11.5 Å². The number of alkyl halides is 3. The summed E-state index contributed by atoms with van der Waals surface area (Å²) < 4.78 is 50.4. The molecule has 48 heavy (non-hydrogen) atoms. The van der Waals surface area contributed by atoms with E-state index in [1.165, 1.54) is 46.5 Å². The Kier molecular flexibility index (Phi) is 12.2. The van der Waals surface area contributed by atoms with E-state index in [1.54, 1.807) is 13.8 Å². The molecule has 0 radical (unpaired) electrons. The van der Waals surface area contributed by atoms with Crippen LogP contribution in [-0.4, -0.2) is 58.5 Å². The largest absolute Gasteiger partial charge is 0.493 e. The molecule has 1 fully saturated rings. The average Bonchev–Trinajstić information content (AvgIpc) is 3.67. The normalized spacial score (nSPS) is 14.8. The Hall–Kier alpha value is -3.16. The predicted octanol–water partition coefficient (Wildman–Crippen LogP) is 8.46. The number of piperazine rings is 1. The highest BCUT2D eigenvalue weighted by Crippen LogP contribution is 2.36. The van der Waals surface area contributed by atoms with E-state index in [0.29, 0.717) is 22.9 Å². The Bertz CT molecular complexity index is 1700. The van der Waals surface area contributed by atoms with Gasteiger partial charge in [0.2, 0.25) is 0 Å². The second kappa shape index (κ2) is 15.6. The van der Waals surface area contributed by atoms with Gasteiger partial charge in [-0.05, 0) is 74.0 Å².